The summed E-state index contributed by atoms with van der Waals surface area (Å²) < 4.78 is 32.3. The van der Waals surface area contributed by atoms with Gasteiger partial charge in [-0.25, -0.2) is 4.98 Å². The van der Waals surface area contributed by atoms with Crippen LogP contribution >= 0.6 is 0 Å². The minimum absolute atomic E-state index is 0.170. The van der Waals surface area contributed by atoms with E-state index >= 15 is 0 Å². The lowest BCUT2D eigenvalue weighted by Crippen LogP contribution is -2.50. The molecule has 1 unspecified atom stereocenters. The molecule has 16 heteroatoms. The van der Waals surface area contributed by atoms with Crippen LogP contribution in [0.25, 0.3) is 33.9 Å². The number of pyridine rings is 1. The zero-order valence-electron chi connectivity index (χ0n) is 23.3. The fourth-order valence-corrected chi connectivity index (χ4v) is 5.20. The highest BCUT2D eigenvalue weighted by atomic mass is 19.3. The number of benzene rings is 2. The number of carbonyl (C=O) groups excluding carboxylic acids is 1. The Morgan fingerprint density at radius 1 is 0.909 bits per heavy atom. The smallest absolute Gasteiger partial charge is 0.350 e. The van der Waals surface area contributed by atoms with Crippen molar-refractivity contribution in [2.24, 2.45) is 7.05 Å². The van der Waals surface area contributed by atoms with Crippen molar-refractivity contribution in [1.82, 2.24) is 60.2 Å². The number of piperazine rings is 1. The number of hydrogen-bond acceptors (Lipinski definition) is 11. The molecule has 0 aliphatic carbocycles. The number of nitrogens with zero attached hydrogens (tertiary/aromatic N) is 12. The summed E-state index contributed by atoms with van der Waals surface area (Å²) in [5.74, 6) is 0.753. The number of alkyl halides is 2. The SMILES string of the molecule is Cn1nnc(-c2ccc3oc(-c4ccnc(C(=O)N5CCN(C(c6ccccc6)c6nnn(C(F)F)n6)CC5)c4)nc3c2)n1. The summed E-state index contributed by atoms with van der Waals surface area (Å²) in [4.78, 5) is 27.9. The first-order valence-electron chi connectivity index (χ1n) is 13.7. The normalized spacial score (nSPS) is 14.9. The second-order valence-electron chi connectivity index (χ2n) is 10.1. The maximum Gasteiger partial charge on any atom is 0.350 e. The Balaban J connectivity index is 1.08. The zero-order valence-corrected chi connectivity index (χ0v) is 23.3. The van der Waals surface area contributed by atoms with Crippen LogP contribution < -0.4 is 0 Å². The van der Waals surface area contributed by atoms with E-state index in [-0.39, 0.29) is 17.4 Å². The predicted molar refractivity (Wildman–Crippen MR) is 150 cm³/mol. The number of rotatable bonds is 7. The highest BCUT2D eigenvalue weighted by Crippen LogP contribution is 2.29. The third-order valence-electron chi connectivity index (χ3n) is 7.32. The van der Waals surface area contributed by atoms with Crippen molar-refractivity contribution < 1.29 is 18.0 Å². The van der Waals surface area contributed by atoms with E-state index in [1.54, 1.807) is 36.3 Å². The number of carbonyl (C=O) groups is 1. The minimum Gasteiger partial charge on any atom is -0.436 e. The first-order chi connectivity index (χ1) is 21.4. The first-order valence-corrected chi connectivity index (χ1v) is 13.7. The molecule has 44 heavy (non-hydrogen) atoms. The van der Waals surface area contributed by atoms with Gasteiger partial charge in [-0.3, -0.25) is 14.7 Å². The lowest BCUT2D eigenvalue weighted by Gasteiger charge is -2.38. The quantitative estimate of drug-likeness (QED) is 0.267. The summed E-state index contributed by atoms with van der Waals surface area (Å²) in [5.41, 5.74) is 3.64. The van der Waals surface area contributed by atoms with Crippen LogP contribution in [0.5, 0.6) is 0 Å². The number of aryl methyl sites for hydroxylation is 1. The fraction of sp³-hybridized carbons (Fsp3) is 0.250. The average Bonchev–Trinajstić information content (AvgIpc) is 3.82. The number of tetrazole rings is 2. The molecule has 0 N–H and O–H groups in total. The first kappa shape index (κ1) is 27.3. The van der Waals surface area contributed by atoms with Gasteiger partial charge in [0.1, 0.15) is 11.2 Å². The standard InChI is InChI=1S/C28H24F2N12O2/c1-39-35-24(33-37-39)18-7-8-22-20(15-18)32-26(44-22)19-9-10-31-21(16-19)27(43)41-13-11-40(12-14-41)23(17-5-3-2-4-6-17)25-34-38-42(36-25)28(29)30/h2-10,15-16,23,28H,11-14H2,1H3. The van der Waals surface area contributed by atoms with Crippen molar-refractivity contribution in [3.05, 3.63) is 83.9 Å². The van der Waals surface area contributed by atoms with Crippen molar-refractivity contribution in [3.8, 4) is 22.8 Å². The molecule has 1 atom stereocenters. The van der Waals surface area contributed by atoms with Gasteiger partial charge in [0.05, 0.1) is 13.1 Å². The molecule has 1 aliphatic heterocycles. The van der Waals surface area contributed by atoms with E-state index < -0.39 is 12.6 Å². The van der Waals surface area contributed by atoms with Crippen LogP contribution in [0.3, 0.4) is 0 Å². The molecule has 5 heterocycles. The molecule has 1 saturated heterocycles. The van der Waals surface area contributed by atoms with Gasteiger partial charge in [-0.15, -0.1) is 20.4 Å². The summed E-state index contributed by atoms with van der Waals surface area (Å²) in [5, 5.41) is 23.5. The molecule has 1 fully saturated rings. The van der Waals surface area contributed by atoms with Gasteiger partial charge >= 0.3 is 6.55 Å². The highest BCUT2D eigenvalue weighted by Gasteiger charge is 2.32. The molecule has 0 bridgehead atoms. The summed E-state index contributed by atoms with van der Waals surface area (Å²) in [6, 6.07) is 17.7. The molecule has 0 saturated carbocycles. The summed E-state index contributed by atoms with van der Waals surface area (Å²) in [6.45, 7) is -1.19. The molecule has 6 aromatic rings. The zero-order chi connectivity index (χ0) is 30.2. The Morgan fingerprint density at radius 3 is 2.45 bits per heavy atom. The molecule has 1 amide bonds. The third kappa shape index (κ3) is 5.26. The maximum absolute atomic E-state index is 13.5. The monoisotopic (exact) mass is 598 g/mol. The molecular formula is C28H24F2N12O2. The molecule has 0 radical (unpaired) electrons. The van der Waals surface area contributed by atoms with Crippen LogP contribution in [-0.2, 0) is 7.05 Å². The van der Waals surface area contributed by atoms with Gasteiger partial charge in [0.15, 0.2) is 11.4 Å². The van der Waals surface area contributed by atoms with Gasteiger partial charge in [0, 0.05) is 43.5 Å². The second kappa shape index (κ2) is 11.3. The molecular weight excluding hydrogens is 574 g/mol. The van der Waals surface area contributed by atoms with E-state index in [1.807, 2.05) is 42.5 Å². The van der Waals surface area contributed by atoms with Gasteiger partial charge in [-0.2, -0.15) is 13.6 Å². The second-order valence-corrected chi connectivity index (χ2v) is 10.1. The van der Waals surface area contributed by atoms with Crippen LogP contribution in [0.4, 0.5) is 8.78 Å². The van der Waals surface area contributed by atoms with E-state index in [2.05, 4.69) is 45.7 Å². The number of halogens is 2. The molecule has 14 nitrogen and oxygen atoms in total. The van der Waals surface area contributed by atoms with Crippen LogP contribution in [-0.4, -0.2) is 92.3 Å². The van der Waals surface area contributed by atoms with Crippen molar-refractivity contribution in [1.29, 1.82) is 0 Å². The lowest BCUT2D eigenvalue weighted by molar-refractivity contribution is 0.0385. The predicted octanol–water partition coefficient (Wildman–Crippen LogP) is 3.01. The molecule has 1 aliphatic rings. The van der Waals surface area contributed by atoms with E-state index in [0.29, 0.717) is 59.4 Å². The van der Waals surface area contributed by atoms with Crippen molar-refractivity contribution >= 4 is 17.0 Å². The van der Waals surface area contributed by atoms with Crippen LogP contribution in [0.15, 0.2) is 71.3 Å². The Morgan fingerprint density at radius 2 is 1.73 bits per heavy atom. The Hall–Kier alpha value is -5.51. The molecule has 222 valence electrons. The molecule has 4 aromatic heterocycles. The largest absolute Gasteiger partial charge is 0.436 e. The van der Waals surface area contributed by atoms with Crippen molar-refractivity contribution in [3.63, 3.8) is 0 Å². The summed E-state index contributed by atoms with van der Waals surface area (Å²) >= 11 is 0. The topological polar surface area (TPSA) is 150 Å². The Kier molecular flexibility index (Phi) is 7.01. The third-order valence-corrected chi connectivity index (χ3v) is 7.32. The number of oxazole rings is 1. The van der Waals surface area contributed by atoms with Gasteiger partial charge in [-0.1, -0.05) is 35.1 Å². The van der Waals surface area contributed by atoms with E-state index in [1.165, 1.54) is 4.80 Å². The van der Waals surface area contributed by atoms with E-state index in [9.17, 15) is 13.6 Å². The number of fused-ring (bicyclic) bond motifs is 1. The van der Waals surface area contributed by atoms with Gasteiger partial charge in [0.2, 0.25) is 11.7 Å². The Bertz CT molecular complexity index is 1930. The van der Waals surface area contributed by atoms with Crippen molar-refractivity contribution in [2.75, 3.05) is 26.2 Å². The number of aromatic nitrogens is 10. The average molecular weight is 599 g/mol. The van der Waals surface area contributed by atoms with Crippen LogP contribution in [0.2, 0.25) is 0 Å². The fourth-order valence-electron chi connectivity index (χ4n) is 5.20. The Labute approximate surface area is 247 Å². The molecule has 7 rings (SSSR count). The molecule has 0 spiro atoms. The number of amides is 1. The van der Waals surface area contributed by atoms with Gasteiger partial charge in [0.25, 0.3) is 5.91 Å². The van der Waals surface area contributed by atoms with Crippen LogP contribution in [0.1, 0.15) is 34.5 Å². The van der Waals surface area contributed by atoms with E-state index in [4.69, 9.17) is 4.42 Å². The summed E-state index contributed by atoms with van der Waals surface area (Å²) in [6.07, 6.45) is 1.55. The maximum atomic E-state index is 13.5. The van der Waals surface area contributed by atoms with Crippen molar-refractivity contribution in [2.45, 2.75) is 12.6 Å². The van der Waals surface area contributed by atoms with Crippen LogP contribution in [0, 0.1) is 0 Å². The number of hydrogen-bond donors (Lipinski definition) is 0. The molecule has 2 aromatic carbocycles. The minimum atomic E-state index is -2.89. The highest BCUT2D eigenvalue weighted by molar-refractivity contribution is 5.93. The van der Waals surface area contributed by atoms with Gasteiger partial charge in [-0.05, 0) is 46.3 Å². The summed E-state index contributed by atoms with van der Waals surface area (Å²) in [7, 11) is 1.69. The van der Waals surface area contributed by atoms with E-state index in [0.717, 1.165) is 11.1 Å². The lowest BCUT2D eigenvalue weighted by atomic mass is 10.0. The van der Waals surface area contributed by atoms with Gasteiger partial charge < -0.3 is 9.32 Å².